The molecular formula is C14H18N4O2. The van der Waals surface area contributed by atoms with Gasteiger partial charge < -0.3 is 10.5 Å². The number of benzene rings is 1. The molecule has 1 aromatic heterocycles. The smallest absolute Gasteiger partial charge is 0.411 e. The zero-order valence-electron chi connectivity index (χ0n) is 11.5. The maximum Gasteiger partial charge on any atom is 0.411 e. The molecule has 0 saturated heterocycles. The number of hydrogen-bond acceptors (Lipinski definition) is 4. The van der Waals surface area contributed by atoms with Gasteiger partial charge in [-0.3, -0.25) is 10.4 Å². The normalized spacial score (nSPS) is 10.6. The molecule has 0 atom stereocenters. The van der Waals surface area contributed by atoms with Crippen LogP contribution in [-0.2, 0) is 4.74 Å². The number of nitrogen functional groups attached to an aromatic ring is 1. The zero-order chi connectivity index (χ0) is 14.5. The molecule has 0 radical (unpaired) electrons. The lowest BCUT2D eigenvalue weighted by Crippen LogP contribution is -2.16. The van der Waals surface area contributed by atoms with Crippen molar-refractivity contribution in [3.05, 3.63) is 30.3 Å². The average molecular weight is 274 g/mol. The van der Waals surface area contributed by atoms with Crippen molar-refractivity contribution in [1.82, 2.24) is 10.2 Å². The molecule has 6 heteroatoms. The van der Waals surface area contributed by atoms with E-state index in [1.165, 1.54) is 0 Å². The average Bonchev–Trinajstić information content (AvgIpc) is 2.84. The largest absolute Gasteiger partial charge is 0.449 e. The number of nitrogens with zero attached hydrogens (tertiary/aromatic N) is 1. The van der Waals surface area contributed by atoms with E-state index in [1.807, 2.05) is 26.0 Å². The van der Waals surface area contributed by atoms with E-state index < -0.39 is 6.09 Å². The van der Waals surface area contributed by atoms with Crippen LogP contribution in [0.1, 0.15) is 13.8 Å². The van der Waals surface area contributed by atoms with Crippen LogP contribution in [0, 0.1) is 5.92 Å². The number of aromatic nitrogens is 2. The molecule has 0 saturated carbocycles. The van der Waals surface area contributed by atoms with Crippen LogP contribution in [0.25, 0.3) is 11.3 Å². The number of H-pyrrole nitrogens is 1. The van der Waals surface area contributed by atoms with E-state index in [-0.39, 0.29) is 0 Å². The first kappa shape index (κ1) is 13.9. The second kappa shape index (κ2) is 6.10. The Kier molecular flexibility index (Phi) is 4.24. The molecule has 6 nitrogen and oxygen atoms in total. The number of carbonyl (C=O) groups is 1. The molecule has 106 valence electrons. The second-order valence-electron chi connectivity index (χ2n) is 4.90. The Balaban J connectivity index is 1.96. The highest BCUT2D eigenvalue weighted by molar-refractivity contribution is 5.85. The quantitative estimate of drug-likeness (QED) is 0.799. The topological polar surface area (TPSA) is 93.0 Å². The van der Waals surface area contributed by atoms with E-state index >= 15 is 0 Å². The molecule has 0 fully saturated rings. The monoisotopic (exact) mass is 274 g/mol. The maximum absolute atomic E-state index is 11.5. The first-order chi connectivity index (χ1) is 9.54. The fraction of sp³-hybridized carbons (Fsp3) is 0.286. The SMILES string of the molecule is CC(C)COC(=O)Nc1ccc(-c2cc(N)n[nH]2)cc1. The van der Waals surface area contributed by atoms with Crippen molar-refractivity contribution < 1.29 is 9.53 Å². The first-order valence-electron chi connectivity index (χ1n) is 6.39. The predicted molar refractivity (Wildman–Crippen MR) is 78.2 cm³/mol. The number of amides is 1. The summed E-state index contributed by atoms with van der Waals surface area (Å²) < 4.78 is 5.04. The molecule has 0 bridgehead atoms. The van der Waals surface area contributed by atoms with E-state index in [0.717, 1.165) is 11.3 Å². The minimum Gasteiger partial charge on any atom is -0.449 e. The van der Waals surface area contributed by atoms with Crippen LogP contribution in [0.15, 0.2) is 30.3 Å². The lowest BCUT2D eigenvalue weighted by Gasteiger charge is -2.09. The Morgan fingerprint density at radius 2 is 2.10 bits per heavy atom. The molecule has 2 rings (SSSR count). The van der Waals surface area contributed by atoms with Crippen molar-refractivity contribution in [3.63, 3.8) is 0 Å². The van der Waals surface area contributed by atoms with Gasteiger partial charge in [-0.2, -0.15) is 5.10 Å². The number of nitrogens with one attached hydrogen (secondary N) is 2. The summed E-state index contributed by atoms with van der Waals surface area (Å²) in [5.74, 6) is 0.758. The number of carbonyl (C=O) groups excluding carboxylic acids is 1. The number of ether oxygens (including phenoxy) is 1. The molecule has 0 spiro atoms. The summed E-state index contributed by atoms with van der Waals surface area (Å²) in [5.41, 5.74) is 8.00. The van der Waals surface area contributed by atoms with E-state index in [9.17, 15) is 4.79 Å². The van der Waals surface area contributed by atoms with Crippen molar-refractivity contribution in [2.45, 2.75) is 13.8 Å². The van der Waals surface area contributed by atoms with Crippen LogP contribution in [0.4, 0.5) is 16.3 Å². The lowest BCUT2D eigenvalue weighted by molar-refractivity contribution is 0.147. The maximum atomic E-state index is 11.5. The van der Waals surface area contributed by atoms with Gasteiger partial charge in [-0.15, -0.1) is 0 Å². The molecular weight excluding hydrogens is 256 g/mol. The van der Waals surface area contributed by atoms with Gasteiger partial charge in [0, 0.05) is 11.8 Å². The van der Waals surface area contributed by atoms with Gasteiger partial charge in [0.2, 0.25) is 0 Å². The van der Waals surface area contributed by atoms with Crippen LogP contribution < -0.4 is 11.1 Å². The minimum absolute atomic E-state index is 0.314. The lowest BCUT2D eigenvalue weighted by atomic mass is 10.1. The fourth-order valence-corrected chi connectivity index (χ4v) is 1.61. The second-order valence-corrected chi connectivity index (χ2v) is 4.90. The fourth-order valence-electron chi connectivity index (χ4n) is 1.61. The third-order valence-electron chi connectivity index (χ3n) is 2.59. The van der Waals surface area contributed by atoms with Crippen molar-refractivity contribution in [1.29, 1.82) is 0 Å². The van der Waals surface area contributed by atoms with Crippen LogP contribution in [-0.4, -0.2) is 22.9 Å². The van der Waals surface area contributed by atoms with Crippen LogP contribution in [0.3, 0.4) is 0 Å². The molecule has 1 aromatic carbocycles. The summed E-state index contributed by atoms with van der Waals surface area (Å²) in [4.78, 5) is 11.5. The molecule has 0 unspecified atom stereocenters. The highest BCUT2D eigenvalue weighted by atomic mass is 16.5. The highest BCUT2D eigenvalue weighted by Gasteiger charge is 2.06. The summed E-state index contributed by atoms with van der Waals surface area (Å²) in [6.07, 6.45) is -0.447. The Hall–Kier alpha value is -2.50. The Morgan fingerprint density at radius 3 is 2.65 bits per heavy atom. The van der Waals surface area contributed by atoms with Gasteiger partial charge in [-0.05, 0) is 23.6 Å². The Bertz CT molecular complexity index is 575. The predicted octanol–water partition coefficient (Wildman–Crippen LogP) is 2.86. The minimum atomic E-state index is -0.447. The standard InChI is InChI=1S/C14H18N4O2/c1-9(2)8-20-14(19)16-11-5-3-10(4-6-11)12-7-13(15)18-17-12/h3-7,9H,8H2,1-2H3,(H,16,19)(H3,15,17,18). The molecule has 4 N–H and O–H groups in total. The van der Waals surface area contributed by atoms with Crippen molar-refractivity contribution in [3.8, 4) is 11.3 Å². The summed E-state index contributed by atoms with van der Waals surface area (Å²) >= 11 is 0. The number of rotatable bonds is 4. The van der Waals surface area contributed by atoms with Gasteiger partial charge in [-0.25, -0.2) is 4.79 Å². The van der Waals surface area contributed by atoms with Gasteiger partial charge in [0.25, 0.3) is 0 Å². The Morgan fingerprint density at radius 1 is 1.40 bits per heavy atom. The Labute approximate surface area is 117 Å². The van der Waals surface area contributed by atoms with Gasteiger partial charge in [-0.1, -0.05) is 26.0 Å². The van der Waals surface area contributed by atoms with E-state index in [0.29, 0.717) is 24.0 Å². The summed E-state index contributed by atoms with van der Waals surface area (Å²) in [6, 6.07) is 9.07. The molecule has 20 heavy (non-hydrogen) atoms. The van der Waals surface area contributed by atoms with Gasteiger partial charge >= 0.3 is 6.09 Å². The molecule has 0 aliphatic rings. The number of anilines is 2. The first-order valence-corrected chi connectivity index (χ1v) is 6.39. The summed E-state index contributed by atoms with van der Waals surface area (Å²) in [6.45, 7) is 4.37. The van der Waals surface area contributed by atoms with Crippen LogP contribution in [0.5, 0.6) is 0 Å². The number of aromatic amines is 1. The van der Waals surface area contributed by atoms with E-state index in [2.05, 4.69) is 15.5 Å². The molecule has 1 amide bonds. The van der Waals surface area contributed by atoms with Gasteiger partial charge in [0.05, 0.1) is 12.3 Å². The van der Waals surface area contributed by atoms with Gasteiger partial charge in [0.15, 0.2) is 0 Å². The molecule has 0 aliphatic carbocycles. The number of nitrogens with two attached hydrogens (primary N) is 1. The molecule has 2 aromatic rings. The number of hydrogen-bond donors (Lipinski definition) is 3. The van der Waals surface area contributed by atoms with E-state index in [1.54, 1.807) is 18.2 Å². The zero-order valence-corrected chi connectivity index (χ0v) is 11.5. The van der Waals surface area contributed by atoms with Crippen LogP contribution in [0.2, 0.25) is 0 Å². The molecule has 0 aliphatic heterocycles. The molecule has 1 heterocycles. The van der Waals surface area contributed by atoms with Gasteiger partial charge in [0.1, 0.15) is 5.82 Å². The van der Waals surface area contributed by atoms with Crippen LogP contribution >= 0.6 is 0 Å². The van der Waals surface area contributed by atoms with Crippen molar-refractivity contribution in [2.24, 2.45) is 5.92 Å². The third kappa shape index (κ3) is 3.74. The van der Waals surface area contributed by atoms with E-state index in [4.69, 9.17) is 10.5 Å². The summed E-state index contributed by atoms with van der Waals surface area (Å²) in [5, 5.41) is 9.36. The van der Waals surface area contributed by atoms with Crippen molar-refractivity contribution in [2.75, 3.05) is 17.7 Å². The third-order valence-corrected chi connectivity index (χ3v) is 2.59. The highest BCUT2D eigenvalue weighted by Crippen LogP contribution is 2.20. The summed E-state index contributed by atoms with van der Waals surface area (Å²) in [7, 11) is 0. The van der Waals surface area contributed by atoms with Crippen molar-refractivity contribution >= 4 is 17.6 Å².